The lowest BCUT2D eigenvalue weighted by Gasteiger charge is -2.24. The first kappa shape index (κ1) is 16.6. The number of aromatic nitrogens is 1. The maximum absolute atomic E-state index is 12.8. The number of rotatable bonds is 3. The van der Waals surface area contributed by atoms with Crippen LogP contribution in [0.5, 0.6) is 0 Å². The van der Waals surface area contributed by atoms with Gasteiger partial charge >= 0.3 is 6.09 Å². The Morgan fingerprint density at radius 1 is 0.893 bits per heavy atom. The number of para-hydroxylation sites is 2. The molecule has 0 saturated carbocycles. The summed E-state index contributed by atoms with van der Waals surface area (Å²) in [6.45, 7) is 2.43. The van der Waals surface area contributed by atoms with E-state index in [-0.39, 0.29) is 12.1 Å². The number of fused-ring (bicyclic) bond motifs is 1. The van der Waals surface area contributed by atoms with Crippen molar-refractivity contribution in [1.82, 2.24) is 4.57 Å². The van der Waals surface area contributed by atoms with Crippen LogP contribution in [0.25, 0.3) is 16.6 Å². The second-order valence-electron chi connectivity index (χ2n) is 7.06. The third-order valence-electron chi connectivity index (χ3n) is 5.35. The quantitative estimate of drug-likeness (QED) is 0.469. The van der Waals surface area contributed by atoms with Gasteiger partial charge in [-0.05, 0) is 36.2 Å². The van der Waals surface area contributed by atoms with Crippen LogP contribution in [0.1, 0.15) is 17.2 Å². The fourth-order valence-corrected chi connectivity index (χ4v) is 3.98. The van der Waals surface area contributed by atoms with Gasteiger partial charge < -0.3 is 4.74 Å². The Labute approximate surface area is 163 Å². The molecule has 0 unspecified atom stereocenters. The first-order chi connectivity index (χ1) is 13.7. The lowest BCUT2D eigenvalue weighted by Crippen LogP contribution is -2.29. The third kappa shape index (κ3) is 2.57. The molecule has 138 valence electrons. The molecule has 1 atom stereocenters. The van der Waals surface area contributed by atoms with Crippen LogP contribution in [0.3, 0.4) is 0 Å². The molecule has 2 heterocycles. The van der Waals surface area contributed by atoms with Crippen molar-refractivity contribution in [2.45, 2.75) is 13.0 Å². The van der Waals surface area contributed by atoms with Crippen molar-refractivity contribution in [3.63, 3.8) is 0 Å². The fourth-order valence-electron chi connectivity index (χ4n) is 3.98. The van der Waals surface area contributed by atoms with Gasteiger partial charge in [0.05, 0.1) is 11.2 Å². The molecule has 28 heavy (non-hydrogen) atoms. The minimum atomic E-state index is -0.313. The standard InChI is InChI=1S/C24H20N2O2/c1-17-9-5-7-13-20(17)25-21-14-8-6-12-19(21)15-23(25)26-22(16-28-24(26)27)18-10-3-2-4-11-18/h2-15,22H,16H2,1H3/t22-/m1/s1. The first-order valence-electron chi connectivity index (χ1n) is 9.41. The molecule has 1 aliphatic rings. The van der Waals surface area contributed by atoms with Crippen LogP contribution < -0.4 is 4.90 Å². The topological polar surface area (TPSA) is 34.5 Å². The Bertz CT molecular complexity index is 1160. The lowest BCUT2D eigenvalue weighted by molar-refractivity contribution is 0.179. The van der Waals surface area contributed by atoms with Crippen LogP contribution in [-0.2, 0) is 4.74 Å². The van der Waals surface area contributed by atoms with Crippen molar-refractivity contribution >= 4 is 22.8 Å². The van der Waals surface area contributed by atoms with E-state index in [1.807, 2.05) is 54.6 Å². The summed E-state index contributed by atoms with van der Waals surface area (Å²) in [5.74, 6) is 0.826. The molecule has 4 nitrogen and oxygen atoms in total. The summed E-state index contributed by atoms with van der Waals surface area (Å²) in [4.78, 5) is 14.6. The van der Waals surface area contributed by atoms with E-state index in [4.69, 9.17) is 4.74 Å². The predicted molar refractivity (Wildman–Crippen MR) is 111 cm³/mol. The van der Waals surface area contributed by atoms with Crippen LogP contribution >= 0.6 is 0 Å². The molecule has 5 rings (SSSR count). The Balaban J connectivity index is 1.76. The number of aryl methyl sites for hydroxylation is 1. The molecule has 1 aliphatic heterocycles. The Kier molecular flexibility index (Phi) is 3.90. The third-order valence-corrected chi connectivity index (χ3v) is 5.35. The van der Waals surface area contributed by atoms with Gasteiger partial charge in [0.1, 0.15) is 18.5 Å². The highest BCUT2D eigenvalue weighted by molar-refractivity contribution is 5.96. The van der Waals surface area contributed by atoms with Crippen LogP contribution in [-0.4, -0.2) is 17.3 Å². The zero-order valence-corrected chi connectivity index (χ0v) is 15.6. The number of benzene rings is 3. The van der Waals surface area contributed by atoms with E-state index in [1.54, 1.807) is 4.90 Å². The number of cyclic esters (lactones) is 1. The van der Waals surface area contributed by atoms with E-state index in [1.165, 1.54) is 0 Å². The maximum Gasteiger partial charge on any atom is 0.416 e. The van der Waals surface area contributed by atoms with Crippen molar-refractivity contribution in [1.29, 1.82) is 0 Å². The zero-order chi connectivity index (χ0) is 19.1. The minimum absolute atomic E-state index is 0.152. The molecule has 1 amide bonds. The van der Waals surface area contributed by atoms with Crippen LogP contribution in [0, 0.1) is 6.92 Å². The van der Waals surface area contributed by atoms with Crippen molar-refractivity contribution in [3.8, 4) is 5.69 Å². The van der Waals surface area contributed by atoms with Crippen molar-refractivity contribution in [2.24, 2.45) is 0 Å². The number of carbonyl (C=O) groups is 1. The molecular weight excluding hydrogens is 348 g/mol. The number of nitrogens with zero attached hydrogens (tertiary/aromatic N) is 2. The molecule has 0 bridgehead atoms. The highest BCUT2D eigenvalue weighted by atomic mass is 16.6. The SMILES string of the molecule is Cc1ccccc1-n1c(N2C(=O)OC[C@@H]2c2ccccc2)cc2ccccc21. The van der Waals surface area contributed by atoms with Gasteiger partial charge in [-0.2, -0.15) is 0 Å². The Morgan fingerprint density at radius 2 is 1.61 bits per heavy atom. The van der Waals surface area contributed by atoms with Crippen molar-refractivity contribution in [3.05, 3.63) is 96.1 Å². The second kappa shape index (κ2) is 6.57. The van der Waals surface area contributed by atoms with Gasteiger partial charge in [-0.25, -0.2) is 4.79 Å². The largest absolute Gasteiger partial charge is 0.447 e. The van der Waals surface area contributed by atoms with Gasteiger partial charge in [-0.3, -0.25) is 9.47 Å². The second-order valence-corrected chi connectivity index (χ2v) is 7.06. The number of carbonyl (C=O) groups excluding carboxylic acids is 1. The monoisotopic (exact) mass is 368 g/mol. The van der Waals surface area contributed by atoms with E-state index in [0.717, 1.165) is 33.5 Å². The van der Waals surface area contributed by atoms with Gasteiger partial charge in [-0.15, -0.1) is 0 Å². The number of hydrogen-bond donors (Lipinski definition) is 0. The average Bonchev–Trinajstić information content (AvgIpc) is 3.29. The van der Waals surface area contributed by atoms with Crippen LogP contribution in [0.15, 0.2) is 84.9 Å². The summed E-state index contributed by atoms with van der Waals surface area (Å²) in [5, 5.41) is 1.09. The molecule has 0 N–H and O–H groups in total. The number of hydrogen-bond acceptors (Lipinski definition) is 2. The molecule has 0 radical (unpaired) electrons. The van der Waals surface area contributed by atoms with E-state index in [0.29, 0.717) is 6.61 Å². The molecule has 0 spiro atoms. The molecule has 1 fully saturated rings. The van der Waals surface area contributed by atoms with Crippen molar-refractivity contribution in [2.75, 3.05) is 11.5 Å². The van der Waals surface area contributed by atoms with E-state index < -0.39 is 0 Å². The summed E-state index contributed by atoms with van der Waals surface area (Å²) in [7, 11) is 0. The van der Waals surface area contributed by atoms with Gasteiger partial charge in [-0.1, -0.05) is 66.7 Å². The molecule has 1 saturated heterocycles. The van der Waals surface area contributed by atoms with Crippen LogP contribution in [0.2, 0.25) is 0 Å². The molecule has 1 aromatic heterocycles. The Morgan fingerprint density at radius 3 is 2.43 bits per heavy atom. The summed E-state index contributed by atoms with van der Waals surface area (Å²) in [6, 6.07) is 28.4. The number of anilines is 1. The van der Waals surface area contributed by atoms with Gasteiger partial charge in [0.2, 0.25) is 0 Å². The van der Waals surface area contributed by atoms with E-state index in [9.17, 15) is 4.79 Å². The van der Waals surface area contributed by atoms with Gasteiger partial charge in [0.25, 0.3) is 0 Å². The summed E-state index contributed by atoms with van der Waals surface area (Å²) < 4.78 is 7.64. The van der Waals surface area contributed by atoms with Gasteiger partial charge in [0, 0.05) is 5.39 Å². The summed E-state index contributed by atoms with van der Waals surface area (Å²) in [5.41, 5.74) is 4.34. The molecular formula is C24H20N2O2. The van der Waals surface area contributed by atoms with Crippen LogP contribution in [0.4, 0.5) is 10.6 Å². The number of ether oxygens (including phenoxy) is 1. The molecule has 0 aliphatic carbocycles. The zero-order valence-electron chi connectivity index (χ0n) is 15.6. The highest BCUT2D eigenvalue weighted by Crippen LogP contribution is 2.38. The summed E-state index contributed by atoms with van der Waals surface area (Å²) in [6.07, 6.45) is -0.313. The smallest absolute Gasteiger partial charge is 0.416 e. The minimum Gasteiger partial charge on any atom is -0.447 e. The fraction of sp³-hybridized carbons (Fsp3) is 0.125. The first-order valence-corrected chi connectivity index (χ1v) is 9.41. The highest BCUT2D eigenvalue weighted by Gasteiger charge is 2.37. The normalized spacial score (nSPS) is 16.5. The van der Waals surface area contributed by atoms with E-state index >= 15 is 0 Å². The van der Waals surface area contributed by atoms with E-state index in [2.05, 4.69) is 41.8 Å². The molecule has 4 heteroatoms. The maximum atomic E-state index is 12.8. The molecule has 3 aromatic carbocycles. The molecule has 4 aromatic rings. The Hall–Kier alpha value is -3.53. The average molecular weight is 368 g/mol. The number of amides is 1. The van der Waals surface area contributed by atoms with Crippen molar-refractivity contribution < 1.29 is 9.53 Å². The summed E-state index contributed by atoms with van der Waals surface area (Å²) >= 11 is 0. The van der Waals surface area contributed by atoms with Gasteiger partial charge in [0.15, 0.2) is 0 Å². The lowest BCUT2D eigenvalue weighted by atomic mass is 10.1. The predicted octanol–water partition coefficient (Wildman–Crippen LogP) is 5.64.